The van der Waals surface area contributed by atoms with Crippen LogP contribution >= 0.6 is 23.2 Å². The maximum Gasteiger partial charge on any atom is 0.296 e. The molecule has 2 N–H and O–H groups in total. The molecule has 2 rings (SSSR count). The molecule has 0 saturated heterocycles. The summed E-state index contributed by atoms with van der Waals surface area (Å²) in [4.78, 5) is 2.39. The molecule has 2 aromatic rings. The SMILES string of the molecule is O=S(=O)(O)c1c(Cl)ccc2[nH]cc(Cl)c12. The van der Waals surface area contributed by atoms with E-state index in [4.69, 9.17) is 27.8 Å². The van der Waals surface area contributed by atoms with Crippen molar-refractivity contribution >= 4 is 44.2 Å². The van der Waals surface area contributed by atoms with Gasteiger partial charge in [0.15, 0.2) is 0 Å². The molecule has 0 bridgehead atoms. The van der Waals surface area contributed by atoms with Crippen LogP contribution in [0.2, 0.25) is 10.0 Å². The number of H-pyrrole nitrogens is 1. The molecule has 0 fully saturated rings. The molecule has 0 aliphatic carbocycles. The molecule has 1 aromatic heterocycles. The number of fused-ring (bicyclic) bond motifs is 1. The Morgan fingerprint density at radius 3 is 2.47 bits per heavy atom. The zero-order valence-electron chi connectivity index (χ0n) is 7.16. The maximum atomic E-state index is 11.1. The van der Waals surface area contributed by atoms with E-state index >= 15 is 0 Å². The largest absolute Gasteiger partial charge is 0.360 e. The first kappa shape index (κ1) is 10.8. The summed E-state index contributed by atoms with van der Waals surface area (Å²) in [6, 6.07) is 2.96. The zero-order valence-corrected chi connectivity index (χ0v) is 9.49. The minimum absolute atomic E-state index is 0.0634. The first-order valence-corrected chi connectivity index (χ1v) is 6.03. The molecule has 4 nitrogen and oxygen atoms in total. The number of hydrogen-bond donors (Lipinski definition) is 2. The Bertz CT molecular complexity index is 633. The molecule has 15 heavy (non-hydrogen) atoms. The van der Waals surface area contributed by atoms with Gasteiger partial charge in [0, 0.05) is 17.1 Å². The van der Waals surface area contributed by atoms with E-state index in [-0.39, 0.29) is 20.3 Å². The van der Waals surface area contributed by atoms with E-state index in [1.165, 1.54) is 12.3 Å². The predicted octanol–water partition coefficient (Wildman–Crippen LogP) is 2.72. The second-order valence-corrected chi connectivity index (χ2v) is 5.08. The van der Waals surface area contributed by atoms with E-state index in [1.54, 1.807) is 6.07 Å². The van der Waals surface area contributed by atoms with Crippen molar-refractivity contribution < 1.29 is 13.0 Å². The third-order valence-electron chi connectivity index (χ3n) is 1.96. The normalized spacial score (nSPS) is 12.2. The third kappa shape index (κ3) is 1.72. The Labute approximate surface area is 95.6 Å². The highest BCUT2D eigenvalue weighted by molar-refractivity contribution is 7.86. The van der Waals surface area contributed by atoms with E-state index in [0.29, 0.717) is 5.52 Å². The molecule has 0 saturated carbocycles. The number of rotatable bonds is 1. The van der Waals surface area contributed by atoms with Crippen molar-refractivity contribution in [3.8, 4) is 0 Å². The average Bonchev–Trinajstić information content (AvgIpc) is 2.46. The van der Waals surface area contributed by atoms with Crippen molar-refractivity contribution in [3.05, 3.63) is 28.4 Å². The van der Waals surface area contributed by atoms with Crippen LogP contribution in [0, 0.1) is 0 Å². The van der Waals surface area contributed by atoms with Gasteiger partial charge in [0.1, 0.15) is 4.90 Å². The van der Waals surface area contributed by atoms with E-state index < -0.39 is 10.1 Å². The molecule has 1 aromatic carbocycles. The summed E-state index contributed by atoms with van der Waals surface area (Å²) in [6.45, 7) is 0. The number of nitrogens with one attached hydrogen (secondary N) is 1. The number of halogens is 2. The predicted molar refractivity (Wildman–Crippen MR) is 58.1 cm³/mol. The maximum absolute atomic E-state index is 11.1. The standard InChI is InChI=1S/C8H5Cl2NO3S/c9-4-1-2-6-7(5(10)3-11-6)8(4)15(12,13)14/h1-3,11H,(H,12,13,14). The summed E-state index contributed by atoms with van der Waals surface area (Å²) in [5.74, 6) is 0. The van der Waals surface area contributed by atoms with Gasteiger partial charge < -0.3 is 4.98 Å². The van der Waals surface area contributed by atoms with E-state index in [0.717, 1.165) is 0 Å². The van der Waals surface area contributed by atoms with E-state index in [2.05, 4.69) is 4.98 Å². The molecule has 7 heteroatoms. The lowest BCUT2D eigenvalue weighted by atomic mass is 10.2. The number of aromatic amines is 1. The van der Waals surface area contributed by atoms with Crippen LogP contribution in [0.3, 0.4) is 0 Å². The summed E-state index contributed by atoms with van der Waals surface area (Å²) in [6.07, 6.45) is 1.43. The van der Waals surface area contributed by atoms with Crippen LogP contribution in [0.15, 0.2) is 23.2 Å². The molecule has 0 unspecified atom stereocenters. The first-order chi connectivity index (χ1) is 6.91. The summed E-state index contributed by atoms with van der Waals surface area (Å²) < 4.78 is 31.3. The van der Waals surface area contributed by atoms with Crippen molar-refractivity contribution in [1.82, 2.24) is 4.98 Å². The van der Waals surface area contributed by atoms with Gasteiger partial charge in [0.2, 0.25) is 0 Å². The quantitative estimate of drug-likeness (QED) is 0.779. The van der Waals surface area contributed by atoms with Gasteiger partial charge in [-0.25, -0.2) is 0 Å². The molecular formula is C8H5Cl2NO3S. The van der Waals surface area contributed by atoms with Gasteiger partial charge in [0.25, 0.3) is 10.1 Å². The first-order valence-electron chi connectivity index (χ1n) is 3.84. The Morgan fingerprint density at radius 2 is 1.87 bits per heavy atom. The van der Waals surface area contributed by atoms with Crippen molar-refractivity contribution in [2.45, 2.75) is 4.90 Å². The lowest BCUT2D eigenvalue weighted by Crippen LogP contribution is -1.99. The van der Waals surface area contributed by atoms with Crippen LogP contribution in [0.25, 0.3) is 10.9 Å². The van der Waals surface area contributed by atoms with Gasteiger partial charge in [-0.1, -0.05) is 23.2 Å². The van der Waals surface area contributed by atoms with Gasteiger partial charge in [-0.15, -0.1) is 0 Å². The molecule has 0 aliphatic rings. The fourth-order valence-corrected chi connectivity index (χ4v) is 2.93. The minimum atomic E-state index is -4.39. The van der Waals surface area contributed by atoms with Crippen molar-refractivity contribution in [2.75, 3.05) is 0 Å². The summed E-state index contributed by atoms with van der Waals surface area (Å²) in [5, 5.41) is 0.332. The molecule has 0 amide bonds. The lowest BCUT2D eigenvalue weighted by Gasteiger charge is -2.02. The Balaban J connectivity index is 3.04. The Hall–Kier alpha value is -0.750. The van der Waals surface area contributed by atoms with Crippen LogP contribution in [-0.2, 0) is 10.1 Å². The van der Waals surface area contributed by atoms with Gasteiger partial charge >= 0.3 is 0 Å². The fraction of sp³-hybridized carbons (Fsp3) is 0. The van der Waals surface area contributed by atoms with Crippen LogP contribution < -0.4 is 0 Å². The second-order valence-electron chi connectivity index (χ2n) is 2.91. The summed E-state index contributed by atoms with van der Waals surface area (Å²) in [7, 11) is -4.39. The second kappa shape index (κ2) is 3.38. The smallest absolute Gasteiger partial charge is 0.296 e. The molecule has 80 valence electrons. The van der Waals surface area contributed by atoms with Crippen LogP contribution in [0.1, 0.15) is 0 Å². The number of benzene rings is 1. The molecule has 1 heterocycles. The lowest BCUT2D eigenvalue weighted by molar-refractivity contribution is 0.484. The van der Waals surface area contributed by atoms with Crippen LogP contribution in [0.5, 0.6) is 0 Å². The highest BCUT2D eigenvalue weighted by Crippen LogP contribution is 2.34. The summed E-state index contributed by atoms with van der Waals surface area (Å²) in [5.41, 5.74) is 0.497. The molecule has 0 radical (unpaired) electrons. The summed E-state index contributed by atoms with van der Waals surface area (Å²) >= 11 is 11.5. The van der Waals surface area contributed by atoms with Crippen molar-refractivity contribution in [2.24, 2.45) is 0 Å². The van der Waals surface area contributed by atoms with Crippen molar-refractivity contribution in [1.29, 1.82) is 0 Å². The average molecular weight is 266 g/mol. The van der Waals surface area contributed by atoms with Crippen LogP contribution in [0.4, 0.5) is 0 Å². The number of hydrogen-bond acceptors (Lipinski definition) is 2. The monoisotopic (exact) mass is 265 g/mol. The molecule has 0 aliphatic heterocycles. The Kier molecular flexibility index (Phi) is 2.42. The Morgan fingerprint density at radius 1 is 1.20 bits per heavy atom. The minimum Gasteiger partial charge on any atom is -0.360 e. The van der Waals surface area contributed by atoms with E-state index in [1.807, 2.05) is 0 Å². The third-order valence-corrected chi connectivity index (χ3v) is 3.63. The van der Waals surface area contributed by atoms with Gasteiger partial charge in [-0.3, -0.25) is 4.55 Å². The van der Waals surface area contributed by atoms with Gasteiger partial charge in [-0.2, -0.15) is 8.42 Å². The van der Waals surface area contributed by atoms with Gasteiger partial charge in [-0.05, 0) is 12.1 Å². The molecular weight excluding hydrogens is 261 g/mol. The van der Waals surface area contributed by atoms with Crippen molar-refractivity contribution in [3.63, 3.8) is 0 Å². The van der Waals surface area contributed by atoms with Crippen LogP contribution in [-0.4, -0.2) is 18.0 Å². The number of aromatic nitrogens is 1. The van der Waals surface area contributed by atoms with Gasteiger partial charge in [0.05, 0.1) is 10.0 Å². The molecule has 0 spiro atoms. The fourth-order valence-electron chi connectivity index (χ4n) is 1.38. The highest BCUT2D eigenvalue weighted by Gasteiger charge is 2.21. The topological polar surface area (TPSA) is 70.2 Å². The molecule has 0 atom stereocenters. The zero-order chi connectivity index (χ0) is 11.2. The highest BCUT2D eigenvalue weighted by atomic mass is 35.5. The van der Waals surface area contributed by atoms with E-state index in [9.17, 15) is 8.42 Å².